The molecule has 1 N–H and O–H groups in total. The van der Waals surface area contributed by atoms with E-state index in [1.54, 1.807) is 0 Å². The molecule has 0 aromatic rings. The summed E-state index contributed by atoms with van der Waals surface area (Å²) in [4.78, 5) is 0. The van der Waals surface area contributed by atoms with Crippen molar-refractivity contribution in [2.24, 2.45) is 5.41 Å². The molecule has 1 fully saturated rings. The van der Waals surface area contributed by atoms with Crippen LogP contribution in [0.4, 0.5) is 0 Å². The van der Waals surface area contributed by atoms with E-state index in [1.165, 1.54) is 37.8 Å². The summed E-state index contributed by atoms with van der Waals surface area (Å²) in [5, 5.41) is 3.58. The van der Waals surface area contributed by atoms with E-state index in [4.69, 9.17) is 0 Å². The summed E-state index contributed by atoms with van der Waals surface area (Å²) >= 11 is 0. The van der Waals surface area contributed by atoms with Gasteiger partial charge >= 0.3 is 0 Å². The zero-order chi connectivity index (χ0) is 11.9. The van der Waals surface area contributed by atoms with Crippen LogP contribution >= 0.6 is 0 Å². The molecule has 1 atom stereocenters. The van der Waals surface area contributed by atoms with Crippen LogP contribution in [0.25, 0.3) is 0 Å². The number of allylic oxidation sites excluding steroid dienone is 4. The summed E-state index contributed by atoms with van der Waals surface area (Å²) in [5.74, 6) is 0. The fourth-order valence-electron chi connectivity index (χ4n) is 2.60. The third-order valence-corrected chi connectivity index (χ3v) is 3.66. The molecule has 0 amide bonds. The molecule has 1 unspecified atom stereocenters. The van der Waals surface area contributed by atoms with Crippen LogP contribution in [0, 0.1) is 5.41 Å². The number of nitrogens with one attached hydrogen (secondary N) is 1. The Hall–Kier alpha value is -0.820. The van der Waals surface area contributed by atoms with Crippen molar-refractivity contribution in [2.75, 3.05) is 13.1 Å². The Morgan fingerprint density at radius 1 is 1.44 bits per heavy atom. The molecule has 1 rings (SSSR count). The van der Waals surface area contributed by atoms with Crippen molar-refractivity contribution in [3.05, 3.63) is 36.5 Å². The average Bonchev–Trinajstić information content (AvgIpc) is 2.55. The first-order valence-electron chi connectivity index (χ1n) is 6.45. The maximum absolute atomic E-state index is 3.84. The molecule has 0 bridgehead atoms. The molecule has 0 radical (unpaired) electrons. The van der Waals surface area contributed by atoms with Gasteiger partial charge in [-0.05, 0) is 38.3 Å². The highest BCUT2D eigenvalue weighted by Gasteiger charge is 2.31. The van der Waals surface area contributed by atoms with Crippen LogP contribution in [-0.4, -0.2) is 13.1 Å². The Bertz CT molecular complexity index is 265. The molecule has 0 saturated carbocycles. The maximum atomic E-state index is 3.84. The van der Waals surface area contributed by atoms with Crippen molar-refractivity contribution in [3.8, 4) is 0 Å². The SMILES string of the molecule is C=C/C=C(\C=C/C)C1(CC)CCCCNC1. The van der Waals surface area contributed by atoms with Crippen LogP contribution < -0.4 is 5.32 Å². The number of hydrogen-bond donors (Lipinski definition) is 1. The largest absolute Gasteiger partial charge is 0.316 e. The second-order valence-corrected chi connectivity index (χ2v) is 4.63. The molecule has 0 aromatic heterocycles. The van der Waals surface area contributed by atoms with Gasteiger partial charge in [0.05, 0.1) is 0 Å². The van der Waals surface area contributed by atoms with E-state index >= 15 is 0 Å². The van der Waals surface area contributed by atoms with E-state index in [1.807, 2.05) is 6.08 Å². The predicted octanol–water partition coefficient (Wildman–Crippen LogP) is 3.84. The van der Waals surface area contributed by atoms with Gasteiger partial charge in [-0.3, -0.25) is 0 Å². The minimum atomic E-state index is 0.317. The lowest BCUT2D eigenvalue weighted by molar-refractivity contribution is 0.320. The van der Waals surface area contributed by atoms with Crippen LogP contribution in [0.15, 0.2) is 36.5 Å². The van der Waals surface area contributed by atoms with Crippen LogP contribution in [0.3, 0.4) is 0 Å². The Morgan fingerprint density at radius 3 is 2.88 bits per heavy atom. The van der Waals surface area contributed by atoms with Crippen molar-refractivity contribution in [1.29, 1.82) is 0 Å². The first kappa shape index (κ1) is 13.2. The second kappa shape index (κ2) is 6.70. The van der Waals surface area contributed by atoms with Crippen LogP contribution in [0.2, 0.25) is 0 Å². The Morgan fingerprint density at radius 2 is 2.25 bits per heavy atom. The molecular weight excluding hydrogens is 194 g/mol. The molecule has 0 spiro atoms. The highest BCUT2D eigenvalue weighted by atomic mass is 14.9. The van der Waals surface area contributed by atoms with Crippen molar-refractivity contribution < 1.29 is 0 Å². The summed E-state index contributed by atoms with van der Waals surface area (Å²) in [7, 11) is 0. The van der Waals surface area contributed by atoms with Crippen LogP contribution in [0.5, 0.6) is 0 Å². The quantitative estimate of drug-likeness (QED) is 0.708. The summed E-state index contributed by atoms with van der Waals surface area (Å²) in [6.45, 7) is 10.5. The van der Waals surface area contributed by atoms with E-state index in [9.17, 15) is 0 Å². The third-order valence-electron chi connectivity index (χ3n) is 3.66. The fourth-order valence-corrected chi connectivity index (χ4v) is 2.60. The van der Waals surface area contributed by atoms with E-state index in [2.05, 4.69) is 44.0 Å². The van der Waals surface area contributed by atoms with Gasteiger partial charge in [0.1, 0.15) is 0 Å². The summed E-state index contributed by atoms with van der Waals surface area (Å²) in [5.41, 5.74) is 1.75. The average molecular weight is 219 g/mol. The van der Waals surface area contributed by atoms with Gasteiger partial charge in [-0.1, -0.05) is 44.2 Å². The van der Waals surface area contributed by atoms with E-state index in [-0.39, 0.29) is 0 Å². The Kier molecular flexibility index (Phi) is 5.54. The number of rotatable bonds is 4. The lowest BCUT2D eigenvalue weighted by atomic mass is 9.73. The lowest BCUT2D eigenvalue weighted by Gasteiger charge is -2.33. The van der Waals surface area contributed by atoms with Crippen molar-refractivity contribution >= 4 is 0 Å². The summed E-state index contributed by atoms with van der Waals surface area (Å²) in [6, 6.07) is 0. The van der Waals surface area contributed by atoms with E-state index in [0.29, 0.717) is 5.41 Å². The van der Waals surface area contributed by atoms with Gasteiger partial charge in [0.2, 0.25) is 0 Å². The van der Waals surface area contributed by atoms with Crippen molar-refractivity contribution in [3.63, 3.8) is 0 Å². The zero-order valence-electron chi connectivity index (χ0n) is 10.8. The molecule has 1 aliphatic rings. The summed E-state index contributed by atoms with van der Waals surface area (Å²) in [6.07, 6.45) is 13.6. The first-order chi connectivity index (χ1) is 7.79. The maximum Gasteiger partial charge on any atom is 0.00750 e. The predicted molar refractivity (Wildman–Crippen MR) is 72.5 cm³/mol. The normalized spacial score (nSPS) is 28.0. The Balaban J connectivity index is 2.97. The monoisotopic (exact) mass is 219 g/mol. The smallest absolute Gasteiger partial charge is 0.00750 e. The minimum absolute atomic E-state index is 0.317. The van der Waals surface area contributed by atoms with Gasteiger partial charge in [-0.2, -0.15) is 0 Å². The molecule has 1 heteroatoms. The van der Waals surface area contributed by atoms with Crippen molar-refractivity contribution in [2.45, 2.75) is 39.5 Å². The molecule has 0 aromatic carbocycles. The molecule has 1 heterocycles. The zero-order valence-corrected chi connectivity index (χ0v) is 10.8. The number of hydrogen-bond acceptors (Lipinski definition) is 1. The van der Waals surface area contributed by atoms with Crippen LogP contribution in [0.1, 0.15) is 39.5 Å². The molecule has 0 aliphatic carbocycles. The summed E-state index contributed by atoms with van der Waals surface area (Å²) < 4.78 is 0. The Labute approximate surface area is 100 Å². The van der Waals surface area contributed by atoms with Gasteiger partial charge in [0.25, 0.3) is 0 Å². The van der Waals surface area contributed by atoms with Gasteiger partial charge < -0.3 is 5.32 Å². The van der Waals surface area contributed by atoms with E-state index < -0.39 is 0 Å². The van der Waals surface area contributed by atoms with Gasteiger partial charge in [-0.25, -0.2) is 0 Å². The standard InChI is InChI=1S/C15H25N/c1-4-9-14(10-5-2)15(6-3)11-7-8-12-16-13-15/h4-5,9-10,16H,1,6-8,11-13H2,2-3H3/b10-5-,14-9+. The highest BCUT2D eigenvalue weighted by molar-refractivity contribution is 5.30. The second-order valence-electron chi connectivity index (χ2n) is 4.63. The minimum Gasteiger partial charge on any atom is -0.316 e. The molecule has 1 aliphatic heterocycles. The molecule has 1 saturated heterocycles. The fraction of sp³-hybridized carbons (Fsp3) is 0.600. The topological polar surface area (TPSA) is 12.0 Å². The lowest BCUT2D eigenvalue weighted by Crippen LogP contribution is -2.33. The van der Waals surface area contributed by atoms with Gasteiger partial charge in [0.15, 0.2) is 0 Å². The third kappa shape index (κ3) is 3.08. The molecule has 16 heavy (non-hydrogen) atoms. The van der Waals surface area contributed by atoms with Crippen LogP contribution in [-0.2, 0) is 0 Å². The van der Waals surface area contributed by atoms with Gasteiger partial charge in [0, 0.05) is 12.0 Å². The molecule has 1 nitrogen and oxygen atoms in total. The molecule has 90 valence electrons. The van der Waals surface area contributed by atoms with E-state index in [0.717, 1.165) is 6.54 Å². The van der Waals surface area contributed by atoms with Crippen molar-refractivity contribution in [1.82, 2.24) is 5.32 Å². The first-order valence-corrected chi connectivity index (χ1v) is 6.45. The van der Waals surface area contributed by atoms with Gasteiger partial charge in [-0.15, -0.1) is 0 Å². The molecular formula is C15H25N. The highest BCUT2D eigenvalue weighted by Crippen LogP contribution is 2.38.